The monoisotopic (exact) mass is 724 g/mol. The lowest BCUT2D eigenvalue weighted by Crippen LogP contribution is -2.49. The molecule has 4 bridgehead atoms. The summed E-state index contributed by atoms with van der Waals surface area (Å²) < 4.78 is 33.3. The number of hydrogen-bond donors (Lipinski definition) is 3. The average molecular weight is 725 g/mol. The van der Waals surface area contributed by atoms with Crippen molar-refractivity contribution in [3.63, 3.8) is 0 Å². The van der Waals surface area contributed by atoms with Gasteiger partial charge in [0.05, 0.1) is 31.8 Å². The fourth-order valence-electron chi connectivity index (χ4n) is 6.16. The molecule has 2 atom stereocenters. The van der Waals surface area contributed by atoms with Gasteiger partial charge in [-0.15, -0.1) is 0 Å². The molecule has 274 valence electrons. The second kappa shape index (κ2) is 16.8. The van der Waals surface area contributed by atoms with E-state index in [4.69, 9.17) is 23.8 Å². The minimum atomic E-state index is -0.553. The second-order valence-electron chi connectivity index (χ2n) is 12.4. The third-order valence-electron chi connectivity index (χ3n) is 8.53. The smallest absolute Gasteiger partial charge is 0.298 e. The van der Waals surface area contributed by atoms with Crippen molar-refractivity contribution < 1.29 is 42.6 Å². The van der Waals surface area contributed by atoms with Crippen LogP contribution in [-0.4, -0.2) is 82.5 Å². The highest BCUT2D eigenvalue weighted by molar-refractivity contribution is 6.01. The molecular formula is C38H37FN6O8. The molecule has 4 heterocycles. The van der Waals surface area contributed by atoms with Gasteiger partial charge < -0.3 is 39.4 Å². The zero-order chi connectivity index (χ0) is 37.3. The second-order valence-corrected chi connectivity index (χ2v) is 12.4. The summed E-state index contributed by atoms with van der Waals surface area (Å²) in [6, 6.07) is 19.5. The van der Waals surface area contributed by atoms with E-state index in [1.54, 1.807) is 30.6 Å². The van der Waals surface area contributed by atoms with Crippen LogP contribution in [0.15, 0.2) is 89.6 Å². The number of carbonyl (C=O) groups excluding carboxylic acids is 3. The quantitative estimate of drug-likeness (QED) is 0.210. The molecule has 1 saturated heterocycles. The van der Waals surface area contributed by atoms with Crippen LogP contribution in [0.5, 0.6) is 11.5 Å². The molecule has 53 heavy (non-hydrogen) atoms. The minimum absolute atomic E-state index is 0.0235. The molecule has 0 spiro atoms. The molecule has 1 fully saturated rings. The van der Waals surface area contributed by atoms with Gasteiger partial charge in [-0.1, -0.05) is 19.1 Å². The number of ether oxygens (including phenoxy) is 2. The van der Waals surface area contributed by atoms with Crippen LogP contribution in [0.2, 0.25) is 0 Å². The highest BCUT2D eigenvalue weighted by Gasteiger charge is 2.37. The molecule has 0 aliphatic carbocycles. The van der Waals surface area contributed by atoms with Crippen LogP contribution in [0, 0.1) is 5.82 Å². The van der Waals surface area contributed by atoms with Gasteiger partial charge in [0.25, 0.3) is 24.3 Å². The summed E-state index contributed by atoms with van der Waals surface area (Å²) in [6.45, 7) is 2.66. The molecule has 14 nitrogen and oxygen atoms in total. The number of nitrogens with zero attached hydrogens (tertiary/aromatic N) is 4. The van der Waals surface area contributed by atoms with E-state index >= 15 is 0 Å². The summed E-state index contributed by atoms with van der Waals surface area (Å²) in [5.74, 6) is -1.52. The molecule has 0 radical (unpaired) electrons. The molecule has 3 aromatic carbocycles. The lowest BCUT2D eigenvalue weighted by molar-refractivity contribution is -0.124. The molecular weight excluding hydrogens is 687 g/mol. The number of carboxylic acid groups (broad SMARTS) is 1. The molecule has 15 heteroatoms. The Morgan fingerprint density at radius 3 is 2.60 bits per heavy atom. The molecule has 2 aromatic heterocycles. The number of para-hydroxylation sites is 2. The van der Waals surface area contributed by atoms with E-state index in [-0.39, 0.29) is 61.2 Å². The topological polar surface area (TPSA) is 176 Å². The summed E-state index contributed by atoms with van der Waals surface area (Å²) in [5, 5.41) is 12.8. The highest BCUT2D eigenvalue weighted by atomic mass is 19.1. The maximum atomic E-state index is 14.9. The van der Waals surface area contributed by atoms with E-state index in [2.05, 4.69) is 20.6 Å². The van der Waals surface area contributed by atoms with Crippen molar-refractivity contribution in [3.8, 4) is 11.5 Å². The van der Waals surface area contributed by atoms with Crippen molar-refractivity contribution in [2.24, 2.45) is 0 Å². The number of fused-ring (bicyclic) bond motifs is 6. The Morgan fingerprint density at radius 2 is 1.83 bits per heavy atom. The van der Waals surface area contributed by atoms with Crippen LogP contribution < -0.4 is 20.3 Å². The molecule has 3 amide bonds. The number of rotatable bonds is 6. The number of benzene rings is 3. The van der Waals surface area contributed by atoms with Crippen molar-refractivity contribution in [1.82, 2.24) is 25.5 Å². The standard InChI is InChI=1S/C37H35FN6O6.CH2O2/c1-2-11-43-21-34(45)41-31-19-44(37-42-30-5-3-4-6-32(30)50-37)20-33(31)48-22-24-12-27(38)17-28(13-24)49-29-15-25(14-26(16-29)36(43)47)35(46)40-18-23-7-9-39-10-8-23;2-1-3/h3-10,12-17,31,33H,2,11,18-22H2,1H3,(H,40,46)(H,41,45);1H,(H,2,3)/t31-,33-;/m1./s1. The summed E-state index contributed by atoms with van der Waals surface area (Å²) >= 11 is 0. The summed E-state index contributed by atoms with van der Waals surface area (Å²) in [6.07, 6.45) is 3.33. The lowest BCUT2D eigenvalue weighted by atomic mass is 10.1. The molecule has 3 N–H and O–H groups in total. The third-order valence-corrected chi connectivity index (χ3v) is 8.53. The SMILES string of the molecule is CCCN1CC(=O)N[C@@H]2CN(c3nc4ccccc4o3)C[C@H]2OCc2cc(F)cc(c2)Oc2cc(C(=O)NCc3ccncc3)cc(c2)C1=O.O=CO. The van der Waals surface area contributed by atoms with E-state index in [9.17, 15) is 18.8 Å². The number of hydrogen-bond acceptors (Lipinski definition) is 10. The van der Waals surface area contributed by atoms with Crippen LogP contribution in [0.25, 0.3) is 11.1 Å². The van der Waals surface area contributed by atoms with E-state index < -0.39 is 29.8 Å². The van der Waals surface area contributed by atoms with Gasteiger partial charge in [-0.05, 0) is 72.1 Å². The number of amides is 3. The lowest BCUT2D eigenvalue weighted by Gasteiger charge is -2.25. The number of anilines is 1. The zero-order valence-electron chi connectivity index (χ0n) is 28.7. The fourth-order valence-corrected chi connectivity index (χ4v) is 6.16. The minimum Gasteiger partial charge on any atom is -0.483 e. The third kappa shape index (κ3) is 9.12. The van der Waals surface area contributed by atoms with Gasteiger partial charge in [-0.25, -0.2) is 4.39 Å². The molecule has 0 saturated carbocycles. The predicted molar refractivity (Wildman–Crippen MR) is 190 cm³/mol. The number of halogens is 1. The molecule has 7 rings (SSSR count). The Morgan fingerprint density at radius 1 is 1.06 bits per heavy atom. The Bertz CT molecular complexity index is 2060. The van der Waals surface area contributed by atoms with Crippen LogP contribution in [0.1, 0.15) is 45.2 Å². The van der Waals surface area contributed by atoms with E-state index in [0.717, 1.165) is 5.56 Å². The van der Waals surface area contributed by atoms with Crippen molar-refractivity contribution in [2.75, 3.05) is 31.1 Å². The molecule has 5 aromatic rings. The molecule has 0 unspecified atom stereocenters. The normalized spacial score (nSPS) is 17.2. The predicted octanol–water partition coefficient (Wildman–Crippen LogP) is 4.54. The first-order valence-corrected chi connectivity index (χ1v) is 16.9. The Labute approximate surface area is 303 Å². The number of pyridine rings is 1. The van der Waals surface area contributed by atoms with Gasteiger partial charge in [0, 0.05) is 49.2 Å². The van der Waals surface area contributed by atoms with Gasteiger partial charge >= 0.3 is 0 Å². The van der Waals surface area contributed by atoms with Crippen molar-refractivity contribution in [2.45, 2.75) is 38.6 Å². The summed E-state index contributed by atoms with van der Waals surface area (Å²) in [7, 11) is 0. The summed E-state index contributed by atoms with van der Waals surface area (Å²) in [4.78, 5) is 61.2. The first kappa shape index (κ1) is 36.4. The number of aromatic nitrogens is 2. The fraction of sp³-hybridized carbons (Fsp3) is 0.263. The Kier molecular flexibility index (Phi) is 11.5. The van der Waals surface area contributed by atoms with Crippen LogP contribution in [-0.2, 0) is 27.5 Å². The molecule has 2 aliphatic heterocycles. The van der Waals surface area contributed by atoms with E-state index in [1.165, 1.54) is 35.2 Å². The molecule has 2 aliphatic rings. The van der Waals surface area contributed by atoms with E-state index in [0.29, 0.717) is 42.2 Å². The van der Waals surface area contributed by atoms with Crippen molar-refractivity contribution in [1.29, 1.82) is 0 Å². The number of oxazole rings is 1. The summed E-state index contributed by atoms with van der Waals surface area (Å²) in [5.41, 5.74) is 2.98. The van der Waals surface area contributed by atoms with Gasteiger partial charge in [-0.2, -0.15) is 4.98 Å². The van der Waals surface area contributed by atoms with Gasteiger partial charge in [0.15, 0.2) is 5.58 Å². The van der Waals surface area contributed by atoms with Gasteiger partial charge in [0.1, 0.15) is 22.8 Å². The zero-order valence-corrected chi connectivity index (χ0v) is 28.7. The van der Waals surface area contributed by atoms with Gasteiger partial charge in [0.2, 0.25) is 5.91 Å². The maximum Gasteiger partial charge on any atom is 0.298 e. The largest absolute Gasteiger partial charge is 0.483 e. The first-order chi connectivity index (χ1) is 25.7. The van der Waals surface area contributed by atoms with Gasteiger partial charge in [-0.3, -0.25) is 24.2 Å². The van der Waals surface area contributed by atoms with E-state index in [1.807, 2.05) is 36.1 Å². The van der Waals surface area contributed by atoms with Crippen molar-refractivity contribution in [3.05, 3.63) is 113 Å². The average Bonchev–Trinajstić information content (AvgIpc) is 3.77. The first-order valence-electron chi connectivity index (χ1n) is 16.9. The maximum absolute atomic E-state index is 14.9. The van der Waals surface area contributed by atoms with Crippen LogP contribution in [0.3, 0.4) is 0 Å². The number of carbonyl (C=O) groups is 4. The van der Waals surface area contributed by atoms with Crippen LogP contribution in [0.4, 0.5) is 10.4 Å². The Hall–Kier alpha value is -6.35. The Balaban J connectivity index is 0.00000155. The number of nitrogens with one attached hydrogen (secondary N) is 2. The highest BCUT2D eigenvalue weighted by Crippen LogP contribution is 2.30. The van der Waals surface area contributed by atoms with Crippen molar-refractivity contribution >= 4 is 41.3 Å². The van der Waals surface area contributed by atoms with Crippen LogP contribution >= 0.6 is 0 Å².